The summed E-state index contributed by atoms with van der Waals surface area (Å²) in [6, 6.07) is 1.81. The molecule has 4 heterocycles. The zero-order chi connectivity index (χ0) is 18.3. The quantitative estimate of drug-likeness (QED) is 0.749. The van der Waals surface area contributed by atoms with Crippen molar-refractivity contribution in [2.24, 2.45) is 0 Å². The topological polar surface area (TPSA) is 95.3 Å². The third-order valence-corrected chi connectivity index (χ3v) is 5.66. The lowest BCUT2D eigenvalue weighted by atomic mass is 10.2. The molecule has 3 aromatic rings. The van der Waals surface area contributed by atoms with Gasteiger partial charge in [-0.05, 0) is 25.5 Å². The number of nitrogens with zero attached hydrogens (tertiary/aromatic N) is 6. The first-order chi connectivity index (χ1) is 12.5. The second kappa shape index (κ2) is 6.49. The summed E-state index contributed by atoms with van der Waals surface area (Å²) in [5.74, 6) is 1.29. The fourth-order valence-electron chi connectivity index (χ4n) is 3.23. The van der Waals surface area contributed by atoms with Crippen LogP contribution < -0.4 is 9.80 Å². The van der Waals surface area contributed by atoms with Crippen LogP contribution in [-0.2, 0) is 0 Å². The maximum Gasteiger partial charge on any atom is 0.346 e. The van der Waals surface area contributed by atoms with Gasteiger partial charge in [-0.2, -0.15) is 0 Å². The van der Waals surface area contributed by atoms with Crippen molar-refractivity contribution in [3.05, 3.63) is 34.7 Å². The molecule has 4 rings (SSSR count). The normalized spacial score (nSPS) is 14.8. The van der Waals surface area contributed by atoms with Crippen LogP contribution in [0.1, 0.15) is 21.1 Å². The summed E-state index contributed by atoms with van der Waals surface area (Å²) in [4.78, 5) is 34.6. The van der Waals surface area contributed by atoms with Crippen LogP contribution in [0, 0.1) is 13.8 Å². The molecule has 0 aliphatic carbocycles. The van der Waals surface area contributed by atoms with Gasteiger partial charge in [0.2, 0.25) is 5.95 Å². The Labute approximate surface area is 154 Å². The average Bonchev–Trinajstić information content (AvgIpc) is 2.99. The van der Waals surface area contributed by atoms with E-state index in [1.54, 1.807) is 18.5 Å². The molecular formula is C17H18N6O2S. The van der Waals surface area contributed by atoms with Gasteiger partial charge in [0, 0.05) is 38.6 Å². The van der Waals surface area contributed by atoms with Crippen LogP contribution >= 0.6 is 11.3 Å². The Kier molecular flexibility index (Phi) is 4.15. The molecular weight excluding hydrogens is 352 g/mol. The molecule has 0 saturated carbocycles. The molecule has 0 aromatic carbocycles. The Morgan fingerprint density at radius 2 is 1.73 bits per heavy atom. The number of hydrogen-bond acceptors (Lipinski definition) is 8. The highest BCUT2D eigenvalue weighted by Gasteiger charge is 2.25. The molecule has 0 amide bonds. The SMILES string of the molecule is Cc1nc(N2CCN(c3ncccn3)CC2)c2c(C)c(C(=O)O)sc2n1. The summed E-state index contributed by atoms with van der Waals surface area (Å²) in [5, 5.41) is 10.3. The highest BCUT2D eigenvalue weighted by molar-refractivity contribution is 7.20. The van der Waals surface area contributed by atoms with Gasteiger partial charge in [0.25, 0.3) is 0 Å². The van der Waals surface area contributed by atoms with Crippen molar-refractivity contribution in [2.45, 2.75) is 13.8 Å². The molecule has 1 N–H and O–H groups in total. The van der Waals surface area contributed by atoms with E-state index in [0.29, 0.717) is 10.7 Å². The molecule has 1 aliphatic heterocycles. The van der Waals surface area contributed by atoms with E-state index in [4.69, 9.17) is 0 Å². The molecule has 1 aliphatic rings. The Balaban J connectivity index is 1.66. The number of anilines is 2. The van der Waals surface area contributed by atoms with Crippen molar-refractivity contribution in [1.82, 2.24) is 19.9 Å². The van der Waals surface area contributed by atoms with E-state index in [1.165, 1.54) is 11.3 Å². The number of aromatic nitrogens is 4. The summed E-state index contributed by atoms with van der Waals surface area (Å²) in [7, 11) is 0. The zero-order valence-corrected chi connectivity index (χ0v) is 15.3. The molecule has 0 bridgehead atoms. The van der Waals surface area contributed by atoms with Gasteiger partial charge in [0.05, 0.1) is 5.39 Å². The number of aromatic carboxylic acids is 1. The highest BCUT2D eigenvalue weighted by Crippen LogP contribution is 2.35. The molecule has 0 unspecified atom stereocenters. The van der Waals surface area contributed by atoms with E-state index in [2.05, 4.69) is 29.7 Å². The third kappa shape index (κ3) is 2.84. The monoisotopic (exact) mass is 370 g/mol. The fraction of sp³-hybridized carbons (Fsp3) is 0.353. The van der Waals surface area contributed by atoms with Gasteiger partial charge in [0.15, 0.2) is 0 Å². The second-order valence-electron chi connectivity index (χ2n) is 6.16. The second-order valence-corrected chi connectivity index (χ2v) is 7.16. The molecule has 1 saturated heterocycles. The summed E-state index contributed by atoms with van der Waals surface area (Å²) >= 11 is 1.21. The number of hydrogen-bond donors (Lipinski definition) is 1. The van der Waals surface area contributed by atoms with Crippen molar-refractivity contribution >= 4 is 39.3 Å². The van der Waals surface area contributed by atoms with E-state index in [1.807, 2.05) is 13.8 Å². The van der Waals surface area contributed by atoms with E-state index in [0.717, 1.165) is 53.7 Å². The minimum Gasteiger partial charge on any atom is -0.477 e. The Bertz CT molecular complexity index is 966. The molecule has 0 radical (unpaired) electrons. The Morgan fingerprint density at radius 1 is 1.08 bits per heavy atom. The van der Waals surface area contributed by atoms with Gasteiger partial charge in [0.1, 0.15) is 21.3 Å². The van der Waals surface area contributed by atoms with Crippen LogP contribution in [0.2, 0.25) is 0 Å². The standard InChI is InChI=1S/C17H18N6O2S/c1-10-12-14(20-11(2)21-15(12)26-13(10)16(24)25)22-6-8-23(9-7-22)17-18-4-3-5-19-17/h3-5H,6-9H2,1-2H3,(H,24,25). The highest BCUT2D eigenvalue weighted by atomic mass is 32.1. The number of carbonyl (C=O) groups is 1. The third-order valence-electron chi connectivity index (χ3n) is 4.49. The van der Waals surface area contributed by atoms with Gasteiger partial charge >= 0.3 is 5.97 Å². The fourth-order valence-corrected chi connectivity index (χ4v) is 4.29. The molecule has 9 heteroatoms. The van der Waals surface area contributed by atoms with Gasteiger partial charge in [-0.25, -0.2) is 24.7 Å². The van der Waals surface area contributed by atoms with Crippen LogP contribution in [-0.4, -0.2) is 57.2 Å². The maximum atomic E-state index is 11.5. The molecule has 0 spiro atoms. The van der Waals surface area contributed by atoms with Crippen molar-refractivity contribution in [3.63, 3.8) is 0 Å². The first-order valence-electron chi connectivity index (χ1n) is 8.32. The van der Waals surface area contributed by atoms with Crippen LogP contribution in [0.15, 0.2) is 18.5 Å². The summed E-state index contributed by atoms with van der Waals surface area (Å²) in [6.07, 6.45) is 3.49. The van der Waals surface area contributed by atoms with E-state index < -0.39 is 5.97 Å². The van der Waals surface area contributed by atoms with Crippen molar-refractivity contribution in [1.29, 1.82) is 0 Å². The van der Waals surface area contributed by atoms with Gasteiger partial charge in [-0.1, -0.05) is 0 Å². The molecule has 0 atom stereocenters. The Morgan fingerprint density at radius 3 is 2.38 bits per heavy atom. The number of thiophene rings is 1. The van der Waals surface area contributed by atoms with Gasteiger partial charge in [-0.15, -0.1) is 11.3 Å². The number of fused-ring (bicyclic) bond motifs is 1. The first kappa shape index (κ1) is 16.6. The van der Waals surface area contributed by atoms with Crippen molar-refractivity contribution < 1.29 is 9.90 Å². The lowest BCUT2D eigenvalue weighted by Crippen LogP contribution is -2.47. The van der Waals surface area contributed by atoms with Gasteiger partial charge < -0.3 is 14.9 Å². The number of aryl methyl sites for hydroxylation is 2. The molecule has 3 aromatic heterocycles. The Hall–Kier alpha value is -2.81. The number of carboxylic acids is 1. The van der Waals surface area contributed by atoms with Crippen molar-refractivity contribution in [2.75, 3.05) is 36.0 Å². The average molecular weight is 370 g/mol. The molecule has 134 valence electrons. The first-order valence-corrected chi connectivity index (χ1v) is 9.14. The minimum atomic E-state index is -0.917. The smallest absolute Gasteiger partial charge is 0.346 e. The summed E-state index contributed by atoms with van der Waals surface area (Å²) < 4.78 is 0. The van der Waals surface area contributed by atoms with Crippen LogP contribution in [0.5, 0.6) is 0 Å². The van der Waals surface area contributed by atoms with Crippen LogP contribution in [0.25, 0.3) is 10.2 Å². The number of rotatable bonds is 3. The molecule has 26 heavy (non-hydrogen) atoms. The van der Waals surface area contributed by atoms with E-state index >= 15 is 0 Å². The molecule has 8 nitrogen and oxygen atoms in total. The number of carboxylic acid groups (broad SMARTS) is 1. The summed E-state index contributed by atoms with van der Waals surface area (Å²) in [6.45, 7) is 6.76. The lowest BCUT2D eigenvalue weighted by Gasteiger charge is -2.35. The van der Waals surface area contributed by atoms with Gasteiger partial charge in [-0.3, -0.25) is 0 Å². The minimum absolute atomic E-state index is 0.331. The number of piperazine rings is 1. The zero-order valence-electron chi connectivity index (χ0n) is 14.5. The largest absolute Gasteiger partial charge is 0.477 e. The van der Waals surface area contributed by atoms with Crippen LogP contribution in [0.3, 0.4) is 0 Å². The maximum absolute atomic E-state index is 11.5. The lowest BCUT2D eigenvalue weighted by molar-refractivity contribution is 0.0701. The summed E-state index contributed by atoms with van der Waals surface area (Å²) in [5.41, 5.74) is 0.737. The van der Waals surface area contributed by atoms with E-state index in [9.17, 15) is 9.90 Å². The van der Waals surface area contributed by atoms with E-state index in [-0.39, 0.29) is 0 Å². The van der Waals surface area contributed by atoms with Crippen LogP contribution in [0.4, 0.5) is 11.8 Å². The predicted molar refractivity (Wildman–Crippen MR) is 100 cm³/mol. The van der Waals surface area contributed by atoms with Crippen molar-refractivity contribution in [3.8, 4) is 0 Å². The predicted octanol–water partition coefficient (Wildman–Crippen LogP) is 2.12. The molecule has 1 fully saturated rings.